The van der Waals surface area contributed by atoms with Crippen LogP contribution in [0.1, 0.15) is 11.4 Å². The van der Waals surface area contributed by atoms with Crippen molar-refractivity contribution in [3.63, 3.8) is 0 Å². The number of hydrogen-bond acceptors (Lipinski definition) is 3. The van der Waals surface area contributed by atoms with Crippen molar-refractivity contribution in [2.75, 3.05) is 11.1 Å². The Morgan fingerprint density at radius 1 is 1.04 bits per heavy atom. The van der Waals surface area contributed by atoms with Crippen LogP contribution in [0.3, 0.4) is 0 Å². The second-order valence-corrected chi connectivity index (χ2v) is 6.95. The molecule has 4 nitrogen and oxygen atoms in total. The minimum atomic E-state index is -0.0173. The first-order valence-electron chi connectivity index (χ1n) is 8.13. The number of hydrogen-bond donors (Lipinski definition) is 1. The highest BCUT2D eigenvalue weighted by atomic mass is 32.2. The monoisotopic (exact) mass is 351 g/mol. The van der Waals surface area contributed by atoms with Crippen LogP contribution in [0.2, 0.25) is 0 Å². The highest BCUT2D eigenvalue weighted by Gasteiger charge is 2.12. The lowest BCUT2D eigenvalue weighted by molar-refractivity contribution is -0.113. The molecule has 0 bridgehead atoms. The Balaban J connectivity index is 1.59. The van der Waals surface area contributed by atoms with Crippen molar-refractivity contribution >= 4 is 23.4 Å². The number of aryl methyl sites for hydroxylation is 2. The molecule has 0 fully saturated rings. The van der Waals surface area contributed by atoms with Gasteiger partial charge in [-0.15, -0.1) is 11.8 Å². The number of carbonyl (C=O) groups is 1. The normalized spacial score (nSPS) is 10.7. The lowest BCUT2D eigenvalue weighted by atomic mass is 10.1. The first-order valence-corrected chi connectivity index (χ1v) is 9.11. The van der Waals surface area contributed by atoms with Gasteiger partial charge in [-0.1, -0.05) is 42.5 Å². The van der Waals surface area contributed by atoms with Gasteiger partial charge >= 0.3 is 0 Å². The third-order valence-electron chi connectivity index (χ3n) is 4.10. The molecule has 0 saturated carbocycles. The molecule has 0 aliphatic carbocycles. The number of nitrogens with one attached hydrogen (secondary N) is 1. The second-order valence-electron chi connectivity index (χ2n) is 5.90. The molecular weight excluding hydrogens is 330 g/mol. The molecule has 5 heteroatoms. The van der Waals surface area contributed by atoms with Crippen LogP contribution in [0, 0.1) is 13.8 Å². The number of aromatic nitrogens is 2. The minimum absolute atomic E-state index is 0.0173. The first kappa shape index (κ1) is 17.3. The highest BCUT2D eigenvalue weighted by Crippen LogP contribution is 2.25. The van der Waals surface area contributed by atoms with Crippen molar-refractivity contribution in [1.29, 1.82) is 0 Å². The number of amides is 1. The lowest BCUT2D eigenvalue weighted by Gasteiger charge is -2.07. The maximum absolute atomic E-state index is 12.2. The van der Waals surface area contributed by atoms with Crippen molar-refractivity contribution in [3.8, 4) is 11.1 Å². The molecule has 3 rings (SSSR count). The number of carbonyl (C=O) groups excluding carboxylic acids is 1. The zero-order valence-electron chi connectivity index (χ0n) is 14.6. The molecule has 1 amide bonds. The molecule has 0 aliphatic rings. The molecule has 25 heavy (non-hydrogen) atoms. The maximum Gasteiger partial charge on any atom is 0.234 e. The van der Waals surface area contributed by atoms with Crippen molar-refractivity contribution in [2.24, 2.45) is 7.05 Å². The van der Waals surface area contributed by atoms with Crippen LogP contribution in [0.5, 0.6) is 0 Å². The Morgan fingerprint density at radius 2 is 1.68 bits per heavy atom. The minimum Gasteiger partial charge on any atom is -0.322 e. The van der Waals surface area contributed by atoms with Gasteiger partial charge in [-0.25, -0.2) is 0 Å². The van der Waals surface area contributed by atoms with E-state index in [2.05, 4.69) is 46.8 Å². The van der Waals surface area contributed by atoms with Crippen LogP contribution in [-0.2, 0) is 11.8 Å². The van der Waals surface area contributed by atoms with E-state index in [4.69, 9.17) is 0 Å². The molecule has 0 saturated heterocycles. The van der Waals surface area contributed by atoms with Crippen molar-refractivity contribution in [2.45, 2.75) is 18.7 Å². The van der Waals surface area contributed by atoms with E-state index in [-0.39, 0.29) is 5.91 Å². The molecule has 1 N–H and O–H groups in total. The Labute approximate surface area is 152 Å². The molecule has 128 valence electrons. The number of benzene rings is 2. The van der Waals surface area contributed by atoms with Gasteiger partial charge in [0.1, 0.15) is 0 Å². The van der Waals surface area contributed by atoms with Gasteiger partial charge in [-0.3, -0.25) is 9.48 Å². The van der Waals surface area contributed by atoms with Crippen LogP contribution in [0.15, 0.2) is 59.5 Å². The number of anilines is 1. The van der Waals surface area contributed by atoms with Gasteiger partial charge in [-0.2, -0.15) is 5.10 Å². The smallest absolute Gasteiger partial charge is 0.234 e. The van der Waals surface area contributed by atoms with Gasteiger partial charge < -0.3 is 5.32 Å². The van der Waals surface area contributed by atoms with Gasteiger partial charge in [0.15, 0.2) is 0 Å². The van der Waals surface area contributed by atoms with Crippen LogP contribution in [0.25, 0.3) is 11.1 Å². The van der Waals surface area contributed by atoms with E-state index >= 15 is 0 Å². The van der Waals surface area contributed by atoms with E-state index in [0.29, 0.717) is 5.75 Å². The summed E-state index contributed by atoms with van der Waals surface area (Å²) >= 11 is 1.53. The third-order valence-corrected chi connectivity index (χ3v) is 5.12. The molecule has 0 spiro atoms. The van der Waals surface area contributed by atoms with Gasteiger partial charge in [0.05, 0.1) is 22.8 Å². The van der Waals surface area contributed by atoms with Crippen LogP contribution in [0.4, 0.5) is 5.69 Å². The number of rotatable bonds is 5. The lowest BCUT2D eigenvalue weighted by Crippen LogP contribution is -2.15. The Hall–Kier alpha value is -2.53. The Kier molecular flexibility index (Phi) is 5.24. The molecule has 3 aromatic rings. The summed E-state index contributed by atoms with van der Waals surface area (Å²) in [5, 5.41) is 7.28. The Morgan fingerprint density at radius 3 is 2.28 bits per heavy atom. The summed E-state index contributed by atoms with van der Waals surface area (Å²) < 4.78 is 1.78. The SMILES string of the molecule is Cc1nn(C)c(C)c1NC(=O)CSc1ccc(-c2ccccc2)cc1. The fourth-order valence-electron chi connectivity index (χ4n) is 2.65. The zero-order valence-corrected chi connectivity index (χ0v) is 15.4. The molecule has 0 unspecified atom stereocenters. The van der Waals surface area contributed by atoms with Gasteiger partial charge in [-0.05, 0) is 37.1 Å². The number of thioether (sulfide) groups is 1. The summed E-state index contributed by atoms with van der Waals surface area (Å²) in [5.74, 6) is 0.356. The quantitative estimate of drug-likeness (QED) is 0.692. The third kappa shape index (κ3) is 4.12. The van der Waals surface area contributed by atoms with E-state index in [9.17, 15) is 4.79 Å². The molecule has 0 radical (unpaired) electrons. The fourth-order valence-corrected chi connectivity index (χ4v) is 3.35. The topological polar surface area (TPSA) is 46.9 Å². The predicted molar refractivity (Wildman–Crippen MR) is 104 cm³/mol. The van der Waals surface area contributed by atoms with Crippen LogP contribution in [-0.4, -0.2) is 21.4 Å². The molecule has 0 aliphatic heterocycles. The van der Waals surface area contributed by atoms with E-state index in [0.717, 1.165) is 22.0 Å². The summed E-state index contributed by atoms with van der Waals surface area (Å²) in [5.41, 5.74) is 4.98. The maximum atomic E-state index is 12.2. The van der Waals surface area contributed by atoms with Gasteiger partial charge in [0.2, 0.25) is 5.91 Å². The zero-order chi connectivity index (χ0) is 17.8. The van der Waals surface area contributed by atoms with E-state index in [1.165, 1.54) is 22.9 Å². The summed E-state index contributed by atoms with van der Waals surface area (Å²) in [6.07, 6.45) is 0. The summed E-state index contributed by atoms with van der Waals surface area (Å²) in [6, 6.07) is 18.5. The van der Waals surface area contributed by atoms with Crippen LogP contribution < -0.4 is 5.32 Å². The Bertz CT molecular complexity index is 870. The second kappa shape index (κ2) is 7.57. The molecule has 0 atom stereocenters. The summed E-state index contributed by atoms with van der Waals surface area (Å²) in [4.78, 5) is 13.3. The van der Waals surface area contributed by atoms with Crippen LogP contribution >= 0.6 is 11.8 Å². The van der Waals surface area contributed by atoms with E-state index < -0.39 is 0 Å². The van der Waals surface area contributed by atoms with Crippen molar-refractivity contribution in [1.82, 2.24) is 9.78 Å². The summed E-state index contributed by atoms with van der Waals surface area (Å²) in [7, 11) is 1.88. The molecular formula is C20H21N3OS. The first-order chi connectivity index (χ1) is 12.0. The largest absolute Gasteiger partial charge is 0.322 e. The highest BCUT2D eigenvalue weighted by molar-refractivity contribution is 8.00. The van der Waals surface area contributed by atoms with Crippen molar-refractivity contribution < 1.29 is 4.79 Å². The fraction of sp³-hybridized carbons (Fsp3) is 0.200. The molecule has 1 aromatic heterocycles. The average Bonchev–Trinajstić information content (AvgIpc) is 2.87. The van der Waals surface area contributed by atoms with Gasteiger partial charge in [0, 0.05) is 11.9 Å². The number of nitrogens with zero attached hydrogens (tertiary/aromatic N) is 2. The van der Waals surface area contributed by atoms with Gasteiger partial charge in [0.25, 0.3) is 0 Å². The molecule has 2 aromatic carbocycles. The average molecular weight is 351 g/mol. The van der Waals surface area contributed by atoms with E-state index in [1.807, 2.05) is 39.1 Å². The van der Waals surface area contributed by atoms with Crippen molar-refractivity contribution in [3.05, 3.63) is 66.0 Å². The predicted octanol–water partition coefficient (Wildman–Crippen LogP) is 4.43. The van der Waals surface area contributed by atoms with E-state index in [1.54, 1.807) is 4.68 Å². The molecule has 1 heterocycles. The summed E-state index contributed by atoms with van der Waals surface area (Å²) in [6.45, 7) is 3.85. The standard InChI is InChI=1S/C20H21N3OS/c1-14-20(15(2)23(3)22-14)21-19(24)13-25-18-11-9-17(10-12-18)16-7-5-4-6-8-16/h4-12H,13H2,1-3H3,(H,21,24).